The van der Waals surface area contributed by atoms with Crippen LogP contribution in [0.15, 0.2) is 29.5 Å². The predicted octanol–water partition coefficient (Wildman–Crippen LogP) is 0.612. The number of amidine groups is 1. The lowest BCUT2D eigenvalue weighted by molar-refractivity contribution is 0.695. The van der Waals surface area contributed by atoms with Crippen LogP contribution in [0.4, 0.5) is 5.13 Å². The average molecular weight is 291 g/mol. The Labute approximate surface area is 118 Å². The van der Waals surface area contributed by atoms with E-state index in [0.29, 0.717) is 22.6 Å². The van der Waals surface area contributed by atoms with Crippen LogP contribution in [0, 0.1) is 0 Å². The summed E-state index contributed by atoms with van der Waals surface area (Å²) in [5.74, 6) is 0.706. The molecule has 2 aromatic heterocycles. The number of aliphatic imine (C=N–C) groups is 1. The van der Waals surface area contributed by atoms with Crippen molar-refractivity contribution in [3.63, 3.8) is 0 Å². The minimum absolute atomic E-state index is 0.488. The molecule has 1 aliphatic rings. The second-order valence-electron chi connectivity index (χ2n) is 3.62. The molecule has 0 saturated carbocycles. The van der Waals surface area contributed by atoms with Crippen molar-refractivity contribution in [3.05, 3.63) is 24.5 Å². The number of hydrogen-bond acceptors (Lipinski definition) is 7. The van der Waals surface area contributed by atoms with E-state index in [1.165, 1.54) is 11.3 Å². The number of rotatable bonds is 2. The van der Waals surface area contributed by atoms with Crippen LogP contribution in [0.25, 0.3) is 10.6 Å². The van der Waals surface area contributed by atoms with E-state index in [0.717, 1.165) is 10.6 Å². The van der Waals surface area contributed by atoms with Crippen LogP contribution in [0.3, 0.4) is 0 Å². The molecule has 19 heavy (non-hydrogen) atoms. The molecule has 0 radical (unpaired) electrons. The molecule has 0 amide bonds. The van der Waals surface area contributed by atoms with E-state index in [1.807, 2.05) is 12.1 Å². The van der Waals surface area contributed by atoms with Crippen LogP contribution in [-0.2, 0) is 0 Å². The topological polar surface area (TPSA) is 87.1 Å². The van der Waals surface area contributed by atoms with Gasteiger partial charge in [-0.2, -0.15) is 0 Å². The highest BCUT2D eigenvalue weighted by Crippen LogP contribution is 2.27. The summed E-state index contributed by atoms with van der Waals surface area (Å²) >= 11 is 6.37. The molecule has 3 heterocycles. The van der Waals surface area contributed by atoms with Crippen LogP contribution in [0.5, 0.6) is 0 Å². The van der Waals surface area contributed by atoms with Gasteiger partial charge in [-0.25, -0.2) is 10.4 Å². The largest absolute Gasteiger partial charge is 0.319 e. The van der Waals surface area contributed by atoms with Crippen molar-refractivity contribution in [2.24, 2.45) is 4.99 Å². The summed E-state index contributed by atoms with van der Waals surface area (Å²) in [5.41, 5.74) is 6.61. The van der Waals surface area contributed by atoms with Crippen LogP contribution >= 0.6 is 23.6 Å². The second kappa shape index (κ2) is 5.34. The summed E-state index contributed by atoms with van der Waals surface area (Å²) in [5, 5.41) is 12.9. The molecule has 9 heteroatoms. The van der Waals surface area contributed by atoms with Crippen LogP contribution in [0.2, 0.25) is 0 Å². The molecule has 96 valence electrons. The zero-order chi connectivity index (χ0) is 13.1. The van der Waals surface area contributed by atoms with Crippen molar-refractivity contribution in [1.82, 2.24) is 31.3 Å². The van der Waals surface area contributed by atoms with Gasteiger partial charge < -0.3 is 5.32 Å². The first kappa shape index (κ1) is 12.1. The highest BCUT2D eigenvalue weighted by Gasteiger charge is 2.11. The lowest BCUT2D eigenvalue weighted by Gasteiger charge is -2.18. The maximum absolute atomic E-state index is 4.97. The van der Waals surface area contributed by atoms with Gasteiger partial charge in [0.15, 0.2) is 10.1 Å². The molecular weight excluding hydrogens is 282 g/mol. The molecule has 2 aromatic rings. The third-order valence-electron chi connectivity index (χ3n) is 2.27. The standard InChI is InChI=1S/C10H9N7S2/c18-9-13-7(5-12-16-9)14-10-17-15-8(19-10)6-2-1-3-11-4-6/h1-4,12H,5H2,(H2,13,14,16,17,18). The molecule has 0 bridgehead atoms. The van der Waals surface area contributed by atoms with Crippen molar-refractivity contribution < 1.29 is 0 Å². The van der Waals surface area contributed by atoms with Gasteiger partial charge in [0.2, 0.25) is 5.13 Å². The summed E-state index contributed by atoms with van der Waals surface area (Å²) in [4.78, 5) is 8.41. The maximum Gasteiger partial charge on any atom is 0.233 e. The van der Waals surface area contributed by atoms with Gasteiger partial charge >= 0.3 is 0 Å². The van der Waals surface area contributed by atoms with E-state index in [2.05, 4.69) is 36.3 Å². The third-order valence-corrected chi connectivity index (χ3v) is 3.34. The number of pyridine rings is 1. The van der Waals surface area contributed by atoms with E-state index >= 15 is 0 Å². The van der Waals surface area contributed by atoms with Gasteiger partial charge in [-0.05, 0) is 24.4 Å². The van der Waals surface area contributed by atoms with Gasteiger partial charge in [0, 0.05) is 18.0 Å². The normalized spacial score (nSPS) is 17.1. The van der Waals surface area contributed by atoms with Crippen LogP contribution < -0.4 is 16.2 Å². The molecule has 1 fully saturated rings. The summed E-state index contributed by atoms with van der Waals surface area (Å²) < 4.78 is 0. The third kappa shape index (κ3) is 2.89. The Balaban J connectivity index is 1.82. The van der Waals surface area contributed by atoms with E-state index < -0.39 is 0 Å². The summed E-state index contributed by atoms with van der Waals surface area (Å²) in [6.45, 7) is 0.544. The molecule has 0 aliphatic carbocycles. The first-order valence-corrected chi connectivity index (χ1v) is 6.65. The molecule has 3 N–H and O–H groups in total. The second-order valence-corrected chi connectivity index (χ2v) is 4.99. The maximum atomic E-state index is 4.97. The van der Waals surface area contributed by atoms with Gasteiger partial charge in [0.1, 0.15) is 5.84 Å². The minimum atomic E-state index is 0.488. The van der Waals surface area contributed by atoms with Gasteiger partial charge in [0.05, 0.1) is 6.54 Å². The Morgan fingerprint density at radius 3 is 3.11 bits per heavy atom. The number of thiocarbonyl (C=S) groups is 1. The molecule has 0 atom stereocenters. The number of nitrogens with one attached hydrogen (secondary N) is 3. The van der Waals surface area contributed by atoms with E-state index in [9.17, 15) is 0 Å². The fourth-order valence-corrected chi connectivity index (χ4v) is 2.38. The van der Waals surface area contributed by atoms with E-state index in [-0.39, 0.29) is 0 Å². The Bertz CT molecular complexity index is 622. The molecule has 3 rings (SSSR count). The average Bonchev–Trinajstić information content (AvgIpc) is 2.88. The molecule has 1 saturated heterocycles. The van der Waals surface area contributed by atoms with E-state index in [1.54, 1.807) is 12.4 Å². The first-order chi connectivity index (χ1) is 9.31. The molecular formula is C10H9N7S2. The Morgan fingerprint density at radius 2 is 2.32 bits per heavy atom. The Morgan fingerprint density at radius 1 is 1.37 bits per heavy atom. The molecule has 1 aliphatic heterocycles. The van der Waals surface area contributed by atoms with Gasteiger partial charge in [-0.1, -0.05) is 11.3 Å². The Kier molecular flexibility index (Phi) is 3.40. The van der Waals surface area contributed by atoms with Gasteiger partial charge in [-0.3, -0.25) is 10.4 Å². The summed E-state index contributed by atoms with van der Waals surface area (Å²) in [6, 6.07) is 3.79. The smallest absolute Gasteiger partial charge is 0.233 e. The lowest BCUT2D eigenvalue weighted by Crippen LogP contribution is -2.56. The fraction of sp³-hybridized carbons (Fsp3) is 0.100. The first-order valence-electron chi connectivity index (χ1n) is 5.42. The quantitative estimate of drug-likeness (QED) is 0.699. The SMILES string of the molecule is S=C1NNC/C(=N/c2nnc(-c3cccnc3)s2)N1. The zero-order valence-electron chi connectivity index (χ0n) is 9.62. The van der Waals surface area contributed by atoms with Gasteiger partial charge in [-0.15, -0.1) is 10.2 Å². The number of hydrazine groups is 1. The van der Waals surface area contributed by atoms with Crippen LogP contribution in [0.1, 0.15) is 0 Å². The van der Waals surface area contributed by atoms with Gasteiger partial charge in [0.25, 0.3) is 0 Å². The number of aromatic nitrogens is 3. The lowest BCUT2D eigenvalue weighted by atomic mass is 10.3. The highest BCUT2D eigenvalue weighted by atomic mass is 32.1. The minimum Gasteiger partial charge on any atom is -0.319 e. The Hall–Kier alpha value is -1.97. The molecule has 0 aromatic carbocycles. The van der Waals surface area contributed by atoms with Crippen molar-refractivity contribution in [3.8, 4) is 10.6 Å². The molecule has 7 nitrogen and oxygen atoms in total. The fourth-order valence-electron chi connectivity index (χ4n) is 1.46. The molecule has 0 spiro atoms. The van der Waals surface area contributed by atoms with E-state index in [4.69, 9.17) is 12.2 Å². The molecule has 0 unspecified atom stereocenters. The van der Waals surface area contributed by atoms with Crippen molar-refractivity contribution in [1.29, 1.82) is 0 Å². The monoisotopic (exact) mass is 291 g/mol. The van der Waals surface area contributed by atoms with Crippen molar-refractivity contribution in [2.75, 3.05) is 6.54 Å². The van der Waals surface area contributed by atoms with Crippen molar-refractivity contribution in [2.45, 2.75) is 0 Å². The number of nitrogens with zero attached hydrogens (tertiary/aromatic N) is 4. The van der Waals surface area contributed by atoms with Crippen LogP contribution in [-0.4, -0.2) is 32.7 Å². The van der Waals surface area contributed by atoms with Crippen molar-refractivity contribution >= 4 is 39.6 Å². The highest BCUT2D eigenvalue weighted by molar-refractivity contribution is 7.80. The number of hydrogen-bond donors (Lipinski definition) is 3. The summed E-state index contributed by atoms with van der Waals surface area (Å²) in [7, 11) is 0. The summed E-state index contributed by atoms with van der Waals surface area (Å²) in [6.07, 6.45) is 3.47. The predicted molar refractivity (Wildman–Crippen MR) is 77.1 cm³/mol. The zero-order valence-corrected chi connectivity index (χ0v) is 11.3.